The number of aryl methyl sites for hydroxylation is 2. The number of unbranched alkanes of at least 4 members (excludes halogenated alkanes) is 1. The molecule has 1 aromatic carbocycles. The number of aromatic nitrogens is 4. The maximum Gasteiger partial charge on any atom is 0.317 e. The monoisotopic (exact) mass is 489 g/mol. The van der Waals surface area contributed by atoms with Gasteiger partial charge in [-0.2, -0.15) is 5.10 Å². The third-order valence-corrected chi connectivity index (χ3v) is 7.50. The van der Waals surface area contributed by atoms with Gasteiger partial charge >= 0.3 is 6.03 Å². The van der Waals surface area contributed by atoms with Crippen molar-refractivity contribution in [1.82, 2.24) is 30.0 Å². The van der Waals surface area contributed by atoms with Gasteiger partial charge in [-0.15, -0.1) is 0 Å². The highest BCUT2D eigenvalue weighted by Crippen LogP contribution is 2.30. The van der Waals surface area contributed by atoms with Gasteiger partial charge in [0.25, 0.3) is 0 Å². The first kappa shape index (κ1) is 24.5. The summed E-state index contributed by atoms with van der Waals surface area (Å²) in [5.74, 6) is 1.83. The summed E-state index contributed by atoms with van der Waals surface area (Å²) in [4.78, 5) is 27.4. The number of amides is 2. The van der Waals surface area contributed by atoms with E-state index in [0.717, 1.165) is 92.2 Å². The second-order valence-electron chi connectivity index (χ2n) is 10.2. The Morgan fingerprint density at radius 1 is 1.00 bits per heavy atom. The van der Waals surface area contributed by atoms with Gasteiger partial charge < -0.3 is 15.1 Å². The maximum atomic E-state index is 13.0. The fraction of sp³-hybridized carbons (Fsp3) is 0.571. The average molecular weight is 490 g/mol. The summed E-state index contributed by atoms with van der Waals surface area (Å²) in [7, 11) is 0. The van der Waals surface area contributed by atoms with Crippen LogP contribution in [0.2, 0.25) is 0 Å². The quantitative estimate of drug-likeness (QED) is 0.526. The first-order valence-electron chi connectivity index (χ1n) is 13.8. The number of anilines is 1. The molecule has 0 atom stereocenters. The first-order chi connectivity index (χ1) is 17.6. The lowest BCUT2D eigenvalue weighted by molar-refractivity contribution is 0.193. The molecular weight excluding hydrogens is 450 g/mol. The predicted octanol–water partition coefficient (Wildman–Crippen LogP) is 5.02. The van der Waals surface area contributed by atoms with E-state index in [-0.39, 0.29) is 6.03 Å². The molecule has 1 N–H and O–H groups in total. The zero-order valence-electron chi connectivity index (χ0n) is 21.7. The standard InChI is InChI=1S/C28H39N7O/c1-3-4-16-24-30-26(25-21(2)32-35(27(25)31-24)23-14-9-6-10-15-23)33-17-11-18-34(20-19-33)28(36)29-22-12-7-5-8-13-22/h6,9-10,14-15,22H,3-5,7-8,11-13,16-20H2,1-2H3,(H,29,36). The van der Waals surface area contributed by atoms with E-state index in [1.54, 1.807) is 0 Å². The molecule has 2 amide bonds. The molecule has 1 saturated heterocycles. The molecule has 1 saturated carbocycles. The summed E-state index contributed by atoms with van der Waals surface area (Å²) < 4.78 is 1.95. The lowest BCUT2D eigenvalue weighted by atomic mass is 9.96. The Balaban J connectivity index is 1.42. The lowest BCUT2D eigenvalue weighted by Crippen LogP contribution is -2.46. The maximum absolute atomic E-state index is 13.0. The van der Waals surface area contributed by atoms with E-state index in [1.807, 2.05) is 34.7 Å². The number of benzene rings is 1. The number of carbonyl (C=O) groups is 1. The number of rotatable bonds is 6. The summed E-state index contributed by atoms with van der Waals surface area (Å²) in [5, 5.41) is 9.19. The van der Waals surface area contributed by atoms with Crippen molar-refractivity contribution in [2.45, 2.75) is 77.7 Å². The van der Waals surface area contributed by atoms with Crippen molar-refractivity contribution in [3.63, 3.8) is 0 Å². The Bertz CT molecular complexity index is 1170. The molecule has 36 heavy (non-hydrogen) atoms. The summed E-state index contributed by atoms with van der Waals surface area (Å²) in [6.45, 7) is 7.33. The van der Waals surface area contributed by atoms with E-state index >= 15 is 0 Å². The van der Waals surface area contributed by atoms with Gasteiger partial charge in [0.1, 0.15) is 11.6 Å². The Hall–Kier alpha value is -3.16. The van der Waals surface area contributed by atoms with Crippen molar-refractivity contribution >= 4 is 22.9 Å². The molecule has 0 radical (unpaired) electrons. The smallest absolute Gasteiger partial charge is 0.317 e. The minimum atomic E-state index is 0.0910. The molecule has 2 aliphatic rings. The Kier molecular flexibility index (Phi) is 7.68. The number of hydrogen-bond acceptors (Lipinski definition) is 5. The normalized spacial score (nSPS) is 17.4. The molecule has 5 rings (SSSR count). The third-order valence-electron chi connectivity index (χ3n) is 7.50. The highest BCUT2D eigenvalue weighted by atomic mass is 16.2. The number of urea groups is 1. The zero-order valence-corrected chi connectivity index (χ0v) is 21.7. The largest absolute Gasteiger partial charge is 0.354 e. The summed E-state index contributed by atoms with van der Waals surface area (Å²) in [6, 6.07) is 10.6. The molecule has 1 aliphatic heterocycles. The van der Waals surface area contributed by atoms with Crippen LogP contribution in [0.5, 0.6) is 0 Å². The molecule has 192 valence electrons. The molecule has 1 aliphatic carbocycles. The minimum Gasteiger partial charge on any atom is -0.354 e. The topological polar surface area (TPSA) is 79.2 Å². The van der Waals surface area contributed by atoms with Crippen LogP contribution in [0.25, 0.3) is 16.7 Å². The number of para-hydroxylation sites is 1. The number of nitrogens with zero attached hydrogens (tertiary/aromatic N) is 6. The van der Waals surface area contributed by atoms with Gasteiger partial charge in [0.05, 0.1) is 16.8 Å². The number of carbonyl (C=O) groups excluding carboxylic acids is 1. The first-order valence-corrected chi connectivity index (χ1v) is 13.8. The van der Waals surface area contributed by atoms with Gasteiger partial charge in [-0.25, -0.2) is 19.4 Å². The fourth-order valence-electron chi connectivity index (χ4n) is 5.48. The SMILES string of the molecule is CCCCc1nc(N2CCCN(C(=O)NC3CCCCC3)CC2)c2c(C)nn(-c3ccccc3)c2n1. The second-order valence-corrected chi connectivity index (χ2v) is 10.2. The lowest BCUT2D eigenvalue weighted by Gasteiger charge is -2.28. The van der Waals surface area contributed by atoms with Gasteiger partial charge in [0.2, 0.25) is 0 Å². The summed E-state index contributed by atoms with van der Waals surface area (Å²) in [6.07, 6.45) is 9.87. The van der Waals surface area contributed by atoms with E-state index in [9.17, 15) is 4.79 Å². The van der Waals surface area contributed by atoms with Crippen LogP contribution in [0, 0.1) is 6.92 Å². The molecule has 0 bridgehead atoms. The average Bonchev–Trinajstić information content (AvgIpc) is 3.07. The third kappa shape index (κ3) is 5.32. The molecule has 0 unspecified atom stereocenters. The molecule has 8 nitrogen and oxygen atoms in total. The molecule has 8 heteroatoms. The summed E-state index contributed by atoms with van der Waals surface area (Å²) >= 11 is 0. The van der Waals surface area contributed by atoms with Crippen molar-refractivity contribution in [2.75, 3.05) is 31.1 Å². The highest BCUT2D eigenvalue weighted by Gasteiger charge is 2.26. The molecule has 3 heterocycles. The van der Waals surface area contributed by atoms with E-state index < -0.39 is 0 Å². The van der Waals surface area contributed by atoms with Crippen LogP contribution in [0.4, 0.5) is 10.6 Å². The number of fused-ring (bicyclic) bond motifs is 1. The van der Waals surface area contributed by atoms with Crippen molar-refractivity contribution in [2.24, 2.45) is 0 Å². The Morgan fingerprint density at radius 2 is 1.81 bits per heavy atom. The molecular formula is C28H39N7O. The number of hydrogen-bond donors (Lipinski definition) is 1. The van der Waals surface area contributed by atoms with Crippen LogP contribution >= 0.6 is 0 Å². The molecule has 2 aromatic heterocycles. The van der Waals surface area contributed by atoms with Gasteiger partial charge in [0, 0.05) is 38.6 Å². The highest BCUT2D eigenvalue weighted by molar-refractivity contribution is 5.91. The summed E-state index contributed by atoms with van der Waals surface area (Å²) in [5.41, 5.74) is 2.80. The van der Waals surface area contributed by atoms with Gasteiger partial charge in [0.15, 0.2) is 5.65 Å². The van der Waals surface area contributed by atoms with E-state index in [0.29, 0.717) is 12.6 Å². The molecule has 0 spiro atoms. The van der Waals surface area contributed by atoms with Crippen molar-refractivity contribution in [3.05, 3.63) is 41.9 Å². The van der Waals surface area contributed by atoms with Crippen LogP contribution in [-0.2, 0) is 6.42 Å². The van der Waals surface area contributed by atoms with Gasteiger partial charge in [-0.05, 0) is 44.7 Å². The van der Waals surface area contributed by atoms with Crippen LogP contribution in [-0.4, -0.2) is 62.9 Å². The van der Waals surface area contributed by atoms with Gasteiger partial charge in [-0.3, -0.25) is 0 Å². The van der Waals surface area contributed by atoms with E-state index in [1.165, 1.54) is 19.3 Å². The minimum absolute atomic E-state index is 0.0910. The van der Waals surface area contributed by atoms with Crippen LogP contribution < -0.4 is 10.2 Å². The van der Waals surface area contributed by atoms with Crippen molar-refractivity contribution in [1.29, 1.82) is 0 Å². The fourth-order valence-corrected chi connectivity index (χ4v) is 5.48. The Labute approximate surface area is 214 Å². The van der Waals surface area contributed by atoms with Crippen LogP contribution in [0.15, 0.2) is 30.3 Å². The zero-order chi connectivity index (χ0) is 24.9. The Morgan fingerprint density at radius 3 is 2.58 bits per heavy atom. The molecule has 2 fully saturated rings. The van der Waals surface area contributed by atoms with E-state index in [2.05, 4.69) is 29.3 Å². The molecule has 3 aromatic rings. The van der Waals surface area contributed by atoms with Crippen LogP contribution in [0.1, 0.15) is 69.8 Å². The number of nitrogens with one attached hydrogen (secondary N) is 1. The van der Waals surface area contributed by atoms with Gasteiger partial charge in [-0.1, -0.05) is 50.8 Å². The second kappa shape index (κ2) is 11.3. The predicted molar refractivity (Wildman–Crippen MR) is 144 cm³/mol. The van der Waals surface area contributed by atoms with Crippen molar-refractivity contribution in [3.8, 4) is 5.69 Å². The van der Waals surface area contributed by atoms with Crippen LogP contribution in [0.3, 0.4) is 0 Å². The van der Waals surface area contributed by atoms with Crippen molar-refractivity contribution < 1.29 is 4.79 Å². The van der Waals surface area contributed by atoms with E-state index in [4.69, 9.17) is 15.1 Å².